The van der Waals surface area contributed by atoms with E-state index >= 15 is 0 Å². The highest BCUT2D eigenvalue weighted by Crippen LogP contribution is 2.11. The summed E-state index contributed by atoms with van der Waals surface area (Å²) < 4.78 is 0. The van der Waals surface area contributed by atoms with Gasteiger partial charge in [0.15, 0.2) is 0 Å². The molecule has 0 saturated carbocycles. The lowest BCUT2D eigenvalue weighted by Crippen LogP contribution is -2.37. The van der Waals surface area contributed by atoms with Crippen molar-refractivity contribution in [3.05, 3.63) is 23.9 Å². The monoisotopic (exact) mass is 246 g/mol. The predicted octanol–water partition coefficient (Wildman–Crippen LogP) is 1.26. The molecule has 1 rings (SSSR count). The molecule has 1 aromatic rings. The zero-order valence-electron chi connectivity index (χ0n) is 11.1. The van der Waals surface area contributed by atoms with E-state index in [4.69, 9.17) is 5.26 Å². The lowest BCUT2D eigenvalue weighted by atomic mass is 10.3. The molecule has 96 valence electrons. The van der Waals surface area contributed by atoms with Gasteiger partial charge in [0.25, 0.3) is 0 Å². The van der Waals surface area contributed by atoms with E-state index in [-0.39, 0.29) is 5.91 Å². The van der Waals surface area contributed by atoms with E-state index in [2.05, 4.69) is 11.9 Å². The van der Waals surface area contributed by atoms with Gasteiger partial charge in [-0.1, -0.05) is 6.92 Å². The van der Waals surface area contributed by atoms with Crippen LogP contribution in [0.5, 0.6) is 0 Å². The van der Waals surface area contributed by atoms with Crippen molar-refractivity contribution >= 4 is 11.7 Å². The van der Waals surface area contributed by atoms with Crippen LogP contribution in [-0.2, 0) is 4.79 Å². The van der Waals surface area contributed by atoms with Crippen molar-refractivity contribution in [3.63, 3.8) is 0 Å². The molecule has 0 aliphatic rings. The maximum absolute atomic E-state index is 11.7. The van der Waals surface area contributed by atoms with E-state index in [0.717, 1.165) is 18.8 Å². The van der Waals surface area contributed by atoms with Crippen molar-refractivity contribution in [2.24, 2.45) is 0 Å². The summed E-state index contributed by atoms with van der Waals surface area (Å²) in [4.78, 5) is 19.4. The quantitative estimate of drug-likeness (QED) is 0.784. The summed E-state index contributed by atoms with van der Waals surface area (Å²) in [5.74, 6) is 0.764. The number of pyridine rings is 1. The molecule has 0 unspecified atom stereocenters. The summed E-state index contributed by atoms with van der Waals surface area (Å²) in [5.41, 5.74) is 0.522. The van der Waals surface area contributed by atoms with Crippen LogP contribution in [0.2, 0.25) is 0 Å². The lowest BCUT2D eigenvalue weighted by Gasteiger charge is -2.24. The average molecular weight is 246 g/mol. The van der Waals surface area contributed by atoms with Crippen molar-refractivity contribution in [3.8, 4) is 6.07 Å². The third-order valence-electron chi connectivity index (χ3n) is 2.52. The Kier molecular flexibility index (Phi) is 5.12. The molecule has 0 aromatic carbocycles. The van der Waals surface area contributed by atoms with E-state index in [1.165, 1.54) is 6.20 Å². The minimum absolute atomic E-state index is 0.0367. The summed E-state index contributed by atoms with van der Waals surface area (Å²) >= 11 is 0. The number of amides is 1. The van der Waals surface area contributed by atoms with Crippen LogP contribution in [-0.4, -0.2) is 43.0 Å². The summed E-state index contributed by atoms with van der Waals surface area (Å²) in [5, 5.41) is 8.72. The second-order valence-electron chi connectivity index (χ2n) is 4.23. The molecule has 18 heavy (non-hydrogen) atoms. The first-order chi connectivity index (χ1) is 8.58. The van der Waals surface area contributed by atoms with Gasteiger partial charge in [-0.3, -0.25) is 4.79 Å². The number of aromatic nitrogens is 1. The molecule has 1 aromatic heterocycles. The van der Waals surface area contributed by atoms with Crippen LogP contribution in [0.1, 0.15) is 18.9 Å². The Morgan fingerprint density at radius 2 is 2.17 bits per heavy atom. The smallest absolute Gasteiger partial charge is 0.241 e. The highest BCUT2D eigenvalue weighted by Gasteiger charge is 2.13. The molecular formula is C13H18N4O. The SMILES string of the molecule is CCCN(CC(=O)N(C)C)c1ccc(C#N)cn1. The maximum atomic E-state index is 11.7. The van der Waals surface area contributed by atoms with Gasteiger partial charge in [-0.2, -0.15) is 5.26 Å². The molecule has 0 aliphatic carbocycles. The number of nitrogens with zero attached hydrogens (tertiary/aromatic N) is 4. The molecule has 5 nitrogen and oxygen atoms in total. The molecule has 1 heterocycles. The minimum Gasteiger partial charge on any atom is -0.347 e. The topological polar surface area (TPSA) is 60.2 Å². The van der Waals surface area contributed by atoms with Gasteiger partial charge < -0.3 is 9.80 Å². The fourth-order valence-electron chi connectivity index (χ4n) is 1.49. The lowest BCUT2D eigenvalue weighted by molar-refractivity contribution is -0.127. The van der Waals surface area contributed by atoms with Gasteiger partial charge in [-0.15, -0.1) is 0 Å². The molecule has 0 N–H and O–H groups in total. The highest BCUT2D eigenvalue weighted by atomic mass is 16.2. The fourth-order valence-corrected chi connectivity index (χ4v) is 1.49. The first-order valence-corrected chi connectivity index (χ1v) is 5.89. The van der Waals surface area contributed by atoms with Crippen LogP contribution in [0.3, 0.4) is 0 Å². The minimum atomic E-state index is 0.0367. The van der Waals surface area contributed by atoms with Crippen LogP contribution < -0.4 is 4.90 Å². The van der Waals surface area contributed by atoms with Gasteiger partial charge in [-0.25, -0.2) is 4.98 Å². The zero-order valence-corrected chi connectivity index (χ0v) is 11.1. The number of carbonyl (C=O) groups is 1. The molecule has 0 fully saturated rings. The standard InChI is InChI=1S/C13H18N4O/c1-4-7-17(10-13(18)16(2)3)12-6-5-11(8-14)9-15-12/h5-6,9H,4,7,10H2,1-3H3. The molecular weight excluding hydrogens is 228 g/mol. The normalized spacial score (nSPS) is 9.67. The first kappa shape index (κ1) is 14.0. The van der Waals surface area contributed by atoms with E-state index in [0.29, 0.717) is 12.1 Å². The summed E-state index contributed by atoms with van der Waals surface area (Å²) in [6.07, 6.45) is 2.46. The molecule has 0 aliphatic heterocycles. The zero-order chi connectivity index (χ0) is 13.5. The van der Waals surface area contributed by atoms with Crippen molar-refractivity contribution in [2.75, 3.05) is 32.1 Å². The van der Waals surface area contributed by atoms with Crippen LogP contribution in [0.25, 0.3) is 0 Å². The van der Waals surface area contributed by atoms with Crippen LogP contribution >= 0.6 is 0 Å². The molecule has 0 radical (unpaired) electrons. The summed E-state index contributed by atoms with van der Waals surface area (Å²) in [6, 6.07) is 5.52. The average Bonchev–Trinajstić information content (AvgIpc) is 2.38. The largest absolute Gasteiger partial charge is 0.347 e. The van der Waals surface area contributed by atoms with E-state index in [1.54, 1.807) is 31.1 Å². The van der Waals surface area contributed by atoms with Crippen LogP contribution in [0, 0.1) is 11.3 Å². The van der Waals surface area contributed by atoms with Crippen molar-refractivity contribution in [1.82, 2.24) is 9.88 Å². The summed E-state index contributed by atoms with van der Waals surface area (Å²) in [7, 11) is 3.47. The molecule has 0 spiro atoms. The predicted molar refractivity (Wildman–Crippen MR) is 70.2 cm³/mol. The Hall–Kier alpha value is -2.09. The Bertz CT molecular complexity index is 433. The van der Waals surface area contributed by atoms with Crippen molar-refractivity contribution in [2.45, 2.75) is 13.3 Å². The van der Waals surface area contributed by atoms with Crippen molar-refractivity contribution in [1.29, 1.82) is 5.26 Å². The maximum Gasteiger partial charge on any atom is 0.241 e. The Balaban J connectivity index is 2.83. The van der Waals surface area contributed by atoms with Gasteiger partial charge >= 0.3 is 0 Å². The number of rotatable bonds is 5. The molecule has 1 amide bonds. The van der Waals surface area contributed by atoms with E-state index in [1.807, 2.05) is 11.0 Å². The van der Waals surface area contributed by atoms with Crippen molar-refractivity contribution < 1.29 is 4.79 Å². The second kappa shape index (κ2) is 6.60. The van der Waals surface area contributed by atoms with E-state index in [9.17, 15) is 4.79 Å². The number of anilines is 1. The van der Waals surface area contributed by atoms with Crippen LogP contribution in [0.4, 0.5) is 5.82 Å². The number of likely N-dealkylation sites (N-methyl/N-ethyl adjacent to an activating group) is 1. The third kappa shape index (κ3) is 3.74. The number of hydrogen-bond acceptors (Lipinski definition) is 4. The Morgan fingerprint density at radius 3 is 2.61 bits per heavy atom. The molecule has 0 atom stereocenters. The fraction of sp³-hybridized carbons (Fsp3) is 0.462. The molecule has 0 saturated heterocycles. The van der Waals surface area contributed by atoms with Gasteiger partial charge in [0.05, 0.1) is 12.1 Å². The number of carbonyl (C=O) groups excluding carboxylic acids is 1. The van der Waals surface area contributed by atoms with Gasteiger partial charge in [0, 0.05) is 26.8 Å². The Labute approximate surface area is 108 Å². The van der Waals surface area contributed by atoms with Gasteiger partial charge in [0.1, 0.15) is 11.9 Å². The third-order valence-corrected chi connectivity index (χ3v) is 2.52. The second-order valence-corrected chi connectivity index (χ2v) is 4.23. The molecule has 5 heteroatoms. The number of nitriles is 1. The molecule has 0 bridgehead atoms. The first-order valence-electron chi connectivity index (χ1n) is 5.89. The Morgan fingerprint density at radius 1 is 1.44 bits per heavy atom. The van der Waals surface area contributed by atoms with Gasteiger partial charge in [-0.05, 0) is 18.6 Å². The van der Waals surface area contributed by atoms with E-state index < -0.39 is 0 Å². The van der Waals surface area contributed by atoms with Crippen LogP contribution in [0.15, 0.2) is 18.3 Å². The summed E-state index contributed by atoms with van der Waals surface area (Å²) in [6.45, 7) is 3.12. The van der Waals surface area contributed by atoms with Gasteiger partial charge in [0.2, 0.25) is 5.91 Å². The highest BCUT2D eigenvalue weighted by molar-refractivity contribution is 5.80. The number of hydrogen-bond donors (Lipinski definition) is 0.